The Morgan fingerprint density at radius 2 is 2.18 bits per heavy atom. The minimum absolute atomic E-state index is 0.0162. The SMILES string of the molecule is CCC(C)(O)C(=O)CC1CC1. The Kier molecular flexibility index (Phi) is 2.33. The average Bonchev–Trinajstić information content (AvgIpc) is 2.72. The van der Waals surface area contributed by atoms with Crippen LogP contribution in [0.1, 0.15) is 39.5 Å². The van der Waals surface area contributed by atoms with Crippen molar-refractivity contribution in [3.63, 3.8) is 0 Å². The fourth-order valence-corrected chi connectivity index (χ4v) is 1.00. The second kappa shape index (κ2) is 2.94. The van der Waals surface area contributed by atoms with E-state index >= 15 is 0 Å². The highest BCUT2D eigenvalue weighted by Gasteiger charge is 2.33. The predicted octanol–water partition coefficient (Wildman–Crippen LogP) is 1.52. The van der Waals surface area contributed by atoms with Gasteiger partial charge in [-0.1, -0.05) is 6.92 Å². The minimum Gasteiger partial charge on any atom is -0.382 e. The van der Waals surface area contributed by atoms with Gasteiger partial charge in [-0.05, 0) is 32.1 Å². The molecule has 0 saturated heterocycles. The van der Waals surface area contributed by atoms with Gasteiger partial charge in [0.2, 0.25) is 0 Å². The number of hydrogen-bond donors (Lipinski definition) is 1. The molecule has 0 aromatic carbocycles. The van der Waals surface area contributed by atoms with Crippen LogP contribution in [0, 0.1) is 5.92 Å². The number of carbonyl (C=O) groups excluding carboxylic acids is 1. The van der Waals surface area contributed by atoms with Gasteiger partial charge >= 0.3 is 0 Å². The average molecular weight is 156 g/mol. The van der Waals surface area contributed by atoms with Crippen LogP contribution >= 0.6 is 0 Å². The Hall–Kier alpha value is -0.370. The largest absolute Gasteiger partial charge is 0.382 e. The standard InChI is InChI=1S/C9H16O2/c1-3-9(2,11)8(10)6-7-4-5-7/h7,11H,3-6H2,1-2H3. The van der Waals surface area contributed by atoms with E-state index in [9.17, 15) is 9.90 Å². The maximum absolute atomic E-state index is 11.3. The molecular weight excluding hydrogens is 140 g/mol. The van der Waals surface area contributed by atoms with Gasteiger partial charge in [0.05, 0.1) is 0 Å². The number of Topliss-reactive ketones (excluding diaryl/α,β-unsaturated/α-hetero) is 1. The van der Waals surface area contributed by atoms with E-state index < -0.39 is 5.60 Å². The second-order valence-electron chi connectivity index (χ2n) is 3.70. The van der Waals surface area contributed by atoms with Crippen molar-refractivity contribution < 1.29 is 9.90 Å². The molecule has 1 unspecified atom stereocenters. The minimum atomic E-state index is -1.07. The fraction of sp³-hybridized carbons (Fsp3) is 0.889. The lowest BCUT2D eigenvalue weighted by molar-refractivity contribution is -0.136. The van der Waals surface area contributed by atoms with E-state index in [2.05, 4.69) is 0 Å². The molecule has 64 valence electrons. The van der Waals surface area contributed by atoms with Crippen LogP contribution in [0.4, 0.5) is 0 Å². The van der Waals surface area contributed by atoms with E-state index in [0.29, 0.717) is 18.8 Å². The lowest BCUT2D eigenvalue weighted by atomic mass is 9.94. The number of ketones is 1. The Morgan fingerprint density at radius 3 is 2.55 bits per heavy atom. The van der Waals surface area contributed by atoms with Crippen molar-refractivity contribution in [1.82, 2.24) is 0 Å². The fourth-order valence-electron chi connectivity index (χ4n) is 1.00. The third-order valence-electron chi connectivity index (χ3n) is 2.46. The first-order valence-electron chi connectivity index (χ1n) is 4.32. The summed E-state index contributed by atoms with van der Waals surface area (Å²) in [5, 5.41) is 9.52. The van der Waals surface area contributed by atoms with E-state index in [1.165, 1.54) is 12.8 Å². The zero-order valence-corrected chi connectivity index (χ0v) is 7.26. The van der Waals surface area contributed by atoms with Gasteiger partial charge < -0.3 is 5.11 Å². The molecular formula is C9H16O2. The summed E-state index contributed by atoms with van der Waals surface area (Å²) in [5.74, 6) is 0.600. The zero-order chi connectivity index (χ0) is 8.48. The first kappa shape index (κ1) is 8.72. The van der Waals surface area contributed by atoms with Gasteiger partial charge in [-0.15, -0.1) is 0 Å². The molecule has 0 heterocycles. The molecule has 1 aliphatic carbocycles. The van der Waals surface area contributed by atoms with Crippen LogP contribution in [0.3, 0.4) is 0 Å². The molecule has 0 amide bonds. The van der Waals surface area contributed by atoms with Crippen LogP contribution in [-0.4, -0.2) is 16.5 Å². The second-order valence-corrected chi connectivity index (χ2v) is 3.70. The van der Waals surface area contributed by atoms with Crippen LogP contribution in [0.2, 0.25) is 0 Å². The zero-order valence-electron chi connectivity index (χ0n) is 7.26. The maximum atomic E-state index is 11.3. The van der Waals surface area contributed by atoms with Crippen molar-refractivity contribution >= 4 is 5.78 Å². The molecule has 1 atom stereocenters. The van der Waals surface area contributed by atoms with Crippen molar-refractivity contribution in [3.05, 3.63) is 0 Å². The number of hydrogen-bond acceptors (Lipinski definition) is 2. The molecule has 0 aliphatic heterocycles. The molecule has 11 heavy (non-hydrogen) atoms. The Balaban J connectivity index is 2.37. The topological polar surface area (TPSA) is 37.3 Å². The van der Waals surface area contributed by atoms with Crippen LogP contribution in [-0.2, 0) is 4.79 Å². The summed E-state index contributed by atoms with van der Waals surface area (Å²) in [5.41, 5.74) is -1.07. The van der Waals surface area contributed by atoms with Crippen molar-refractivity contribution in [3.8, 4) is 0 Å². The quantitative estimate of drug-likeness (QED) is 0.670. The van der Waals surface area contributed by atoms with E-state index in [4.69, 9.17) is 0 Å². The highest BCUT2D eigenvalue weighted by atomic mass is 16.3. The van der Waals surface area contributed by atoms with Gasteiger partial charge in [0.15, 0.2) is 5.78 Å². The van der Waals surface area contributed by atoms with Gasteiger partial charge in [-0.25, -0.2) is 0 Å². The van der Waals surface area contributed by atoms with E-state index in [-0.39, 0.29) is 5.78 Å². The molecule has 2 heteroatoms. The van der Waals surface area contributed by atoms with Gasteiger partial charge in [-0.3, -0.25) is 4.79 Å². The number of aliphatic hydroxyl groups is 1. The van der Waals surface area contributed by atoms with Crippen molar-refractivity contribution in [1.29, 1.82) is 0 Å². The lowest BCUT2D eigenvalue weighted by Crippen LogP contribution is -2.34. The monoisotopic (exact) mass is 156 g/mol. The molecule has 1 saturated carbocycles. The van der Waals surface area contributed by atoms with Crippen molar-refractivity contribution in [2.24, 2.45) is 5.92 Å². The highest BCUT2D eigenvalue weighted by Crippen LogP contribution is 2.34. The van der Waals surface area contributed by atoms with E-state index in [0.717, 1.165) is 0 Å². The summed E-state index contributed by atoms with van der Waals surface area (Å²) >= 11 is 0. The molecule has 0 aromatic rings. The van der Waals surface area contributed by atoms with Crippen LogP contribution in [0.25, 0.3) is 0 Å². The smallest absolute Gasteiger partial charge is 0.164 e. The molecule has 0 aromatic heterocycles. The summed E-state index contributed by atoms with van der Waals surface area (Å²) in [4.78, 5) is 11.3. The molecule has 1 fully saturated rings. The summed E-state index contributed by atoms with van der Waals surface area (Å²) in [6, 6.07) is 0. The summed E-state index contributed by atoms with van der Waals surface area (Å²) < 4.78 is 0. The van der Waals surface area contributed by atoms with Gasteiger partial charge in [0.1, 0.15) is 5.60 Å². The van der Waals surface area contributed by atoms with E-state index in [1.54, 1.807) is 6.92 Å². The van der Waals surface area contributed by atoms with Crippen molar-refractivity contribution in [2.45, 2.75) is 45.1 Å². The Labute approximate surface area is 67.6 Å². The molecule has 0 spiro atoms. The summed E-state index contributed by atoms with van der Waals surface area (Å²) in [6.45, 7) is 3.45. The van der Waals surface area contributed by atoms with Crippen LogP contribution in [0.5, 0.6) is 0 Å². The third kappa shape index (κ3) is 2.29. The molecule has 2 nitrogen and oxygen atoms in total. The first-order chi connectivity index (χ1) is 5.06. The van der Waals surface area contributed by atoms with Crippen LogP contribution in [0.15, 0.2) is 0 Å². The molecule has 1 rings (SSSR count). The van der Waals surface area contributed by atoms with Gasteiger partial charge in [0.25, 0.3) is 0 Å². The predicted molar refractivity (Wildman–Crippen MR) is 43.3 cm³/mol. The summed E-state index contributed by atoms with van der Waals surface area (Å²) in [6.07, 6.45) is 3.45. The van der Waals surface area contributed by atoms with Gasteiger partial charge in [0, 0.05) is 6.42 Å². The van der Waals surface area contributed by atoms with Gasteiger partial charge in [-0.2, -0.15) is 0 Å². The molecule has 1 aliphatic rings. The third-order valence-corrected chi connectivity index (χ3v) is 2.46. The molecule has 1 N–H and O–H groups in total. The van der Waals surface area contributed by atoms with Crippen molar-refractivity contribution in [2.75, 3.05) is 0 Å². The molecule has 0 bridgehead atoms. The normalized spacial score (nSPS) is 22.8. The number of carbonyl (C=O) groups is 1. The first-order valence-corrected chi connectivity index (χ1v) is 4.32. The number of rotatable bonds is 4. The van der Waals surface area contributed by atoms with Crippen LogP contribution < -0.4 is 0 Å². The Morgan fingerprint density at radius 1 is 1.64 bits per heavy atom. The highest BCUT2D eigenvalue weighted by molar-refractivity contribution is 5.86. The summed E-state index contributed by atoms with van der Waals surface area (Å²) in [7, 11) is 0. The maximum Gasteiger partial charge on any atom is 0.164 e. The lowest BCUT2D eigenvalue weighted by Gasteiger charge is -2.18. The molecule has 0 radical (unpaired) electrons. The van der Waals surface area contributed by atoms with E-state index in [1.807, 2.05) is 6.92 Å². The Bertz CT molecular complexity index is 157.